The van der Waals surface area contributed by atoms with E-state index in [0.29, 0.717) is 25.3 Å². The lowest BCUT2D eigenvalue weighted by Gasteiger charge is -2.41. The third kappa shape index (κ3) is 7.70. The second-order valence-electron chi connectivity index (χ2n) is 15.4. The molecule has 3 atom stereocenters. The molecule has 1 aliphatic rings. The van der Waals surface area contributed by atoms with Gasteiger partial charge in [-0.25, -0.2) is 13.9 Å². The quantitative estimate of drug-likeness (QED) is 0.144. The first-order valence-corrected chi connectivity index (χ1v) is 22.1. The third-order valence-corrected chi connectivity index (χ3v) is 16.9. The Morgan fingerprint density at radius 1 is 0.923 bits per heavy atom. The zero-order valence-corrected chi connectivity index (χ0v) is 32.9. The number of hydrogen-bond donors (Lipinski definition) is 1. The number of carbonyl (C=O) groups is 1. The summed E-state index contributed by atoms with van der Waals surface area (Å²) in [6.45, 7) is 11.9. The van der Waals surface area contributed by atoms with Gasteiger partial charge in [-0.05, 0) is 47.2 Å². The molecule has 0 fully saturated rings. The minimum absolute atomic E-state index is 0.0354. The van der Waals surface area contributed by atoms with Crippen LogP contribution in [-0.4, -0.2) is 66.2 Å². The van der Waals surface area contributed by atoms with E-state index >= 15 is 4.79 Å². The van der Waals surface area contributed by atoms with Gasteiger partial charge in [-0.3, -0.25) is 4.79 Å². The van der Waals surface area contributed by atoms with Crippen LogP contribution in [0, 0.1) is 11.8 Å². The van der Waals surface area contributed by atoms with Crippen LogP contribution in [0.25, 0.3) is 0 Å². The molecule has 0 saturated heterocycles. The number of nitrogens with zero attached hydrogens (tertiary/aromatic N) is 5. The predicted octanol–water partition coefficient (Wildman–Crippen LogP) is 6.63. The molecule has 1 aliphatic carbocycles. The summed E-state index contributed by atoms with van der Waals surface area (Å²) >= 11 is 0. The van der Waals surface area contributed by atoms with Crippen molar-refractivity contribution in [1.29, 1.82) is 0 Å². The maximum absolute atomic E-state index is 15.2. The maximum Gasteiger partial charge on any atom is 0.308 e. The summed E-state index contributed by atoms with van der Waals surface area (Å²) < 4.78 is 37.9. The van der Waals surface area contributed by atoms with E-state index in [9.17, 15) is 8.42 Å². The van der Waals surface area contributed by atoms with E-state index in [1.165, 1.54) is 20.4 Å². The minimum atomic E-state index is -3.86. The van der Waals surface area contributed by atoms with Gasteiger partial charge in [0.1, 0.15) is 6.33 Å². The summed E-state index contributed by atoms with van der Waals surface area (Å²) in [7, 11) is -3.11. The molecule has 0 radical (unpaired) electrons. The van der Waals surface area contributed by atoms with Crippen LogP contribution in [0.2, 0.25) is 18.1 Å². The second kappa shape index (κ2) is 14.9. The van der Waals surface area contributed by atoms with Gasteiger partial charge in [-0.15, -0.1) is 0 Å². The number of fused-ring (bicyclic) bond motifs is 1. The number of rotatable bonds is 12. The normalized spacial score (nSPS) is 18.1. The average Bonchev–Trinajstić information content (AvgIpc) is 3.78. The Labute approximate surface area is 309 Å². The van der Waals surface area contributed by atoms with Crippen molar-refractivity contribution in [2.75, 3.05) is 20.7 Å². The van der Waals surface area contributed by atoms with Crippen molar-refractivity contribution >= 4 is 24.4 Å². The van der Waals surface area contributed by atoms with Crippen molar-refractivity contribution < 1.29 is 17.6 Å². The van der Waals surface area contributed by atoms with Crippen LogP contribution in [0.5, 0.6) is 0 Å². The summed E-state index contributed by atoms with van der Waals surface area (Å²) in [5.41, 5.74) is 5.20. The highest BCUT2D eigenvalue weighted by molar-refractivity contribution is 7.87. The number of nitrogens with one attached hydrogen (secondary N) is 1. The van der Waals surface area contributed by atoms with Crippen molar-refractivity contribution in [3.05, 3.63) is 144 Å². The van der Waals surface area contributed by atoms with E-state index < -0.39 is 36.4 Å². The minimum Gasteiger partial charge on any atom is -0.417 e. The Morgan fingerprint density at radius 2 is 1.50 bits per heavy atom. The average molecular weight is 739 g/mol. The molecule has 0 saturated carbocycles. The van der Waals surface area contributed by atoms with Crippen molar-refractivity contribution in [3.63, 3.8) is 0 Å². The van der Waals surface area contributed by atoms with Gasteiger partial charge < -0.3 is 14.3 Å². The first kappa shape index (κ1) is 37.4. The van der Waals surface area contributed by atoms with Crippen molar-refractivity contribution in [1.82, 2.24) is 28.1 Å². The molecule has 2 aromatic heterocycles. The molecule has 10 nitrogen and oxygen atoms in total. The molecule has 0 bridgehead atoms. The Balaban J connectivity index is 1.50. The van der Waals surface area contributed by atoms with Crippen LogP contribution >= 0.6 is 0 Å². The summed E-state index contributed by atoms with van der Waals surface area (Å²) in [5.74, 6) is -1.71. The smallest absolute Gasteiger partial charge is 0.308 e. The van der Waals surface area contributed by atoms with E-state index in [4.69, 9.17) is 14.4 Å². The third-order valence-electron chi connectivity index (χ3n) is 10.7. The Morgan fingerprint density at radius 3 is 2.06 bits per heavy atom. The highest BCUT2D eigenvalue weighted by Gasteiger charge is 2.48. The lowest BCUT2D eigenvalue weighted by atomic mass is 9.70. The van der Waals surface area contributed by atoms with Gasteiger partial charge in [-0.2, -0.15) is 12.7 Å². The van der Waals surface area contributed by atoms with E-state index in [-0.39, 0.29) is 16.9 Å². The molecule has 3 aromatic carbocycles. The van der Waals surface area contributed by atoms with Gasteiger partial charge in [0.05, 0.1) is 41.3 Å². The molecule has 52 heavy (non-hydrogen) atoms. The number of aromatic nitrogens is 4. The highest BCUT2D eigenvalue weighted by Crippen LogP contribution is 2.45. The fraction of sp³-hybridized carbons (Fsp3) is 0.375. The summed E-state index contributed by atoms with van der Waals surface area (Å²) in [6.07, 6.45) is 5.23. The molecule has 6 rings (SSSR count). The molecule has 0 unspecified atom stereocenters. The van der Waals surface area contributed by atoms with Gasteiger partial charge in [0.25, 0.3) is 0 Å². The largest absolute Gasteiger partial charge is 0.417 e. The van der Waals surface area contributed by atoms with Gasteiger partial charge in [-0.1, -0.05) is 112 Å². The standard InChI is InChI=1S/C40H50N6O4SSi/c1-40(2,3)52(6,7)50-26-32-23-33-38(45(27-41-33)24-29-17-11-8-12-18-29)36(34-25-46(28-42-34)51(48,49)44(4)5)35(32)39(47)43-37(30-19-13-9-14-20-30)31-21-15-10-16-22-31/h8-22,25,27-28,32,35-37H,23-24,26H2,1-7H3,(H,43,47)/t32-,35-,36+/m1/s1. The molecule has 0 aliphatic heterocycles. The molecule has 2 heterocycles. The summed E-state index contributed by atoms with van der Waals surface area (Å²) in [6, 6.07) is 29.6. The number of hydrogen-bond acceptors (Lipinski definition) is 6. The number of carbonyl (C=O) groups excluding carboxylic acids is 1. The van der Waals surface area contributed by atoms with E-state index in [1.807, 2.05) is 85.2 Å². The van der Waals surface area contributed by atoms with Gasteiger partial charge in [0, 0.05) is 33.4 Å². The van der Waals surface area contributed by atoms with Crippen LogP contribution in [0.1, 0.15) is 66.5 Å². The molecule has 274 valence electrons. The molecule has 1 amide bonds. The molecular formula is C40H50N6O4SSi. The van der Waals surface area contributed by atoms with E-state index in [1.54, 1.807) is 6.20 Å². The topological polar surface area (TPSA) is 111 Å². The molecule has 0 spiro atoms. The van der Waals surface area contributed by atoms with Gasteiger partial charge in [0.15, 0.2) is 8.32 Å². The van der Waals surface area contributed by atoms with Crippen LogP contribution < -0.4 is 5.32 Å². The maximum atomic E-state index is 15.2. The van der Waals surface area contributed by atoms with E-state index in [2.05, 4.69) is 55.9 Å². The van der Waals surface area contributed by atoms with E-state index in [0.717, 1.165) is 36.4 Å². The highest BCUT2D eigenvalue weighted by atomic mass is 32.2. The van der Waals surface area contributed by atoms with Crippen LogP contribution in [0.4, 0.5) is 0 Å². The summed E-state index contributed by atoms with van der Waals surface area (Å²) in [4.78, 5) is 24.9. The Kier molecular flexibility index (Phi) is 10.7. The molecular weight excluding hydrogens is 689 g/mol. The number of benzene rings is 3. The first-order valence-electron chi connectivity index (χ1n) is 17.8. The fourth-order valence-corrected chi connectivity index (χ4v) is 8.59. The van der Waals surface area contributed by atoms with Crippen molar-refractivity contribution in [2.24, 2.45) is 11.8 Å². The van der Waals surface area contributed by atoms with Crippen LogP contribution in [-0.2, 0) is 32.4 Å². The molecule has 5 aromatic rings. The Bertz CT molecular complexity index is 2040. The van der Waals surface area contributed by atoms with Gasteiger partial charge >= 0.3 is 10.2 Å². The zero-order chi connectivity index (χ0) is 37.3. The van der Waals surface area contributed by atoms with Crippen molar-refractivity contribution in [3.8, 4) is 0 Å². The first-order chi connectivity index (χ1) is 24.7. The zero-order valence-electron chi connectivity index (χ0n) is 31.1. The van der Waals surface area contributed by atoms with Crippen LogP contribution in [0.3, 0.4) is 0 Å². The summed E-state index contributed by atoms with van der Waals surface area (Å²) in [5, 5.41) is 3.41. The van der Waals surface area contributed by atoms with Gasteiger partial charge in [0.2, 0.25) is 5.91 Å². The second-order valence-corrected chi connectivity index (χ2v) is 22.3. The molecule has 12 heteroatoms. The molecule has 1 N–H and O–H groups in total. The predicted molar refractivity (Wildman–Crippen MR) is 207 cm³/mol. The fourth-order valence-electron chi connectivity index (χ4n) is 6.74. The van der Waals surface area contributed by atoms with Crippen LogP contribution in [0.15, 0.2) is 110 Å². The lowest BCUT2D eigenvalue weighted by Crippen LogP contribution is -2.48. The number of imidazole rings is 2. The monoisotopic (exact) mass is 738 g/mol. The van der Waals surface area contributed by atoms with Crippen molar-refractivity contribution in [2.45, 2.75) is 63.8 Å². The SMILES string of the molecule is CN(C)S(=O)(=O)n1cnc([C@@H]2c3c(ncn3Cc3ccccc3)C[C@H](CO[Si](C)(C)C(C)(C)C)[C@H]2C(=O)NC(c2ccccc2)c2ccccc2)c1. The number of amides is 1. The Hall–Kier alpha value is -4.36. The lowest BCUT2D eigenvalue weighted by molar-refractivity contribution is -0.128.